The lowest BCUT2D eigenvalue weighted by Crippen LogP contribution is -2.20. The summed E-state index contributed by atoms with van der Waals surface area (Å²) in [7, 11) is 0. The fourth-order valence-corrected chi connectivity index (χ4v) is 2.48. The molecule has 0 aliphatic carbocycles. The van der Waals surface area contributed by atoms with E-state index in [1.165, 1.54) is 4.88 Å². The van der Waals surface area contributed by atoms with E-state index in [-0.39, 0.29) is 0 Å². The van der Waals surface area contributed by atoms with Crippen LogP contribution in [0.15, 0.2) is 46.3 Å². The molecule has 17 heavy (non-hydrogen) atoms. The number of hydrogen-bond acceptors (Lipinski definition) is 3. The average molecular weight is 312 g/mol. The monoisotopic (exact) mass is 311 g/mol. The van der Waals surface area contributed by atoms with E-state index in [1.54, 1.807) is 11.3 Å². The fourth-order valence-electron chi connectivity index (χ4n) is 1.42. The lowest BCUT2D eigenvalue weighted by atomic mass is 10.3. The Morgan fingerprint density at radius 3 is 2.94 bits per heavy atom. The highest BCUT2D eigenvalue weighted by Crippen LogP contribution is 2.17. The van der Waals surface area contributed by atoms with Crippen molar-refractivity contribution in [3.05, 3.63) is 51.1 Å². The van der Waals surface area contributed by atoms with E-state index in [4.69, 9.17) is 4.74 Å². The van der Waals surface area contributed by atoms with Crippen molar-refractivity contribution < 1.29 is 4.74 Å². The van der Waals surface area contributed by atoms with E-state index in [9.17, 15) is 0 Å². The second kappa shape index (κ2) is 6.79. The molecule has 0 aliphatic rings. The minimum Gasteiger partial charge on any atom is -0.492 e. The van der Waals surface area contributed by atoms with Crippen molar-refractivity contribution in [3.63, 3.8) is 0 Å². The van der Waals surface area contributed by atoms with Crippen molar-refractivity contribution in [2.75, 3.05) is 13.2 Å². The Labute approximate surface area is 114 Å². The second-order valence-electron chi connectivity index (χ2n) is 3.56. The lowest BCUT2D eigenvalue weighted by Gasteiger charge is -2.07. The number of thiophene rings is 1. The van der Waals surface area contributed by atoms with Crippen LogP contribution >= 0.6 is 27.3 Å². The van der Waals surface area contributed by atoms with Crippen LogP contribution in [0.25, 0.3) is 0 Å². The standard InChI is InChI=1S/C13H14BrNOS/c14-11-3-1-4-12(9-11)16-7-6-15-10-13-5-2-8-17-13/h1-5,8-9,15H,6-7,10H2. The summed E-state index contributed by atoms with van der Waals surface area (Å²) in [6, 6.07) is 12.1. The Morgan fingerprint density at radius 1 is 1.24 bits per heavy atom. The molecular weight excluding hydrogens is 298 g/mol. The van der Waals surface area contributed by atoms with Gasteiger partial charge in [-0.1, -0.05) is 28.1 Å². The Balaban J connectivity index is 1.63. The smallest absolute Gasteiger partial charge is 0.120 e. The lowest BCUT2D eigenvalue weighted by molar-refractivity contribution is 0.313. The highest BCUT2D eigenvalue weighted by Gasteiger charge is 1.95. The molecule has 0 radical (unpaired) electrons. The molecule has 0 amide bonds. The molecule has 2 rings (SSSR count). The first kappa shape index (κ1) is 12.6. The summed E-state index contributed by atoms with van der Waals surface area (Å²) < 4.78 is 6.66. The minimum atomic E-state index is 0.682. The third-order valence-electron chi connectivity index (χ3n) is 2.22. The summed E-state index contributed by atoms with van der Waals surface area (Å²) in [4.78, 5) is 1.35. The molecule has 1 aromatic heterocycles. The zero-order valence-electron chi connectivity index (χ0n) is 9.36. The number of benzene rings is 1. The number of halogens is 1. The van der Waals surface area contributed by atoms with Gasteiger partial charge in [-0.15, -0.1) is 11.3 Å². The van der Waals surface area contributed by atoms with Gasteiger partial charge in [-0.05, 0) is 29.6 Å². The molecule has 90 valence electrons. The van der Waals surface area contributed by atoms with E-state index >= 15 is 0 Å². The first-order valence-corrected chi connectivity index (χ1v) is 7.13. The normalized spacial score (nSPS) is 10.4. The maximum Gasteiger partial charge on any atom is 0.120 e. The number of nitrogens with one attached hydrogen (secondary N) is 1. The molecule has 1 aromatic carbocycles. The molecule has 0 atom stereocenters. The van der Waals surface area contributed by atoms with Gasteiger partial charge in [0.25, 0.3) is 0 Å². The quantitative estimate of drug-likeness (QED) is 0.822. The topological polar surface area (TPSA) is 21.3 Å². The van der Waals surface area contributed by atoms with Crippen molar-refractivity contribution in [3.8, 4) is 5.75 Å². The van der Waals surface area contributed by atoms with E-state index in [1.807, 2.05) is 24.3 Å². The van der Waals surface area contributed by atoms with Gasteiger partial charge in [0, 0.05) is 22.4 Å². The predicted octanol–water partition coefficient (Wildman–Crippen LogP) is 3.68. The van der Waals surface area contributed by atoms with Crippen LogP contribution in [0.4, 0.5) is 0 Å². The number of hydrogen-bond donors (Lipinski definition) is 1. The molecule has 0 aliphatic heterocycles. The second-order valence-corrected chi connectivity index (χ2v) is 5.51. The summed E-state index contributed by atoms with van der Waals surface area (Å²) in [6.07, 6.45) is 0. The number of rotatable bonds is 6. The molecule has 0 saturated heterocycles. The van der Waals surface area contributed by atoms with E-state index < -0.39 is 0 Å². The summed E-state index contributed by atoms with van der Waals surface area (Å²) in [6.45, 7) is 2.45. The van der Waals surface area contributed by atoms with Crippen molar-refractivity contribution in [2.45, 2.75) is 6.54 Å². The van der Waals surface area contributed by atoms with Crippen LogP contribution in [0.3, 0.4) is 0 Å². The molecule has 1 heterocycles. The highest BCUT2D eigenvalue weighted by atomic mass is 79.9. The molecule has 0 bridgehead atoms. The van der Waals surface area contributed by atoms with Crippen LogP contribution in [0, 0.1) is 0 Å². The van der Waals surface area contributed by atoms with E-state index in [2.05, 4.69) is 38.8 Å². The van der Waals surface area contributed by atoms with Crippen LogP contribution in [-0.4, -0.2) is 13.2 Å². The van der Waals surface area contributed by atoms with Crippen molar-refractivity contribution >= 4 is 27.3 Å². The number of ether oxygens (including phenoxy) is 1. The van der Waals surface area contributed by atoms with Gasteiger partial charge in [0.1, 0.15) is 12.4 Å². The molecule has 1 N–H and O–H groups in total. The van der Waals surface area contributed by atoms with Crippen molar-refractivity contribution in [2.24, 2.45) is 0 Å². The van der Waals surface area contributed by atoms with Gasteiger partial charge in [0.05, 0.1) is 0 Å². The maximum absolute atomic E-state index is 5.62. The largest absolute Gasteiger partial charge is 0.492 e. The summed E-state index contributed by atoms with van der Waals surface area (Å²) in [5.41, 5.74) is 0. The Morgan fingerprint density at radius 2 is 2.18 bits per heavy atom. The fraction of sp³-hybridized carbons (Fsp3) is 0.231. The zero-order chi connectivity index (χ0) is 11.9. The average Bonchev–Trinajstić information content (AvgIpc) is 2.82. The van der Waals surface area contributed by atoms with Crippen LogP contribution in [0.1, 0.15) is 4.88 Å². The van der Waals surface area contributed by atoms with Crippen LogP contribution in [-0.2, 0) is 6.54 Å². The van der Waals surface area contributed by atoms with Crippen molar-refractivity contribution in [1.29, 1.82) is 0 Å². The van der Waals surface area contributed by atoms with Gasteiger partial charge in [0.2, 0.25) is 0 Å². The zero-order valence-corrected chi connectivity index (χ0v) is 11.8. The van der Waals surface area contributed by atoms with Gasteiger partial charge >= 0.3 is 0 Å². The van der Waals surface area contributed by atoms with Gasteiger partial charge in [-0.3, -0.25) is 0 Å². The van der Waals surface area contributed by atoms with Gasteiger partial charge < -0.3 is 10.1 Å². The maximum atomic E-state index is 5.62. The van der Waals surface area contributed by atoms with E-state index in [0.717, 1.165) is 23.3 Å². The summed E-state index contributed by atoms with van der Waals surface area (Å²) >= 11 is 5.19. The molecular formula is C13H14BrNOS. The Kier molecular flexibility index (Phi) is 5.04. The van der Waals surface area contributed by atoms with Crippen LogP contribution in [0.5, 0.6) is 5.75 Å². The molecule has 0 saturated carbocycles. The van der Waals surface area contributed by atoms with E-state index in [0.29, 0.717) is 6.61 Å². The molecule has 2 aromatic rings. The van der Waals surface area contributed by atoms with Gasteiger partial charge in [0.15, 0.2) is 0 Å². The Bertz CT molecular complexity index is 444. The van der Waals surface area contributed by atoms with Crippen LogP contribution in [0.2, 0.25) is 0 Å². The predicted molar refractivity (Wildman–Crippen MR) is 75.7 cm³/mol. The third kappa shape index (κ3) is 4.50. The summed E-state index contributed by atoms with van der Waals surface area (Å²) in [5, 5.41) is 5.44. The molecule has 0 spiro atoms. The molecule has 2 nitrogen and oxygen atoms in total. The SMILES string of the molecule is Brc1cccc(OCCNCc2cccs2)c1. The molecule has 4 heteroatoms. The summed E-state index contributed by atoms with van der Waals surface area (Å²) in [5.74, 6) is 0.900. The first-order chi connectivity index (χ1) is 8.34. The van der Waals surface area contributed by atoms with Gasteiger partial charge in [-0.2, -0.15) is 0 Å². The van der Waals surface area contributed by atoms with Crippen LogP contribution < -0.4 is 10.1 Å². The third-order valence-corrected chi connectivity index (χ3v) is 3.59. The first-order valence-electron chi connectivity index (χ1n) is 5.46. The Hall–Kier alpha value is -0.840. The molecule has 0 fully saturated rings. The molecule has 0 unspecified atom stereocenters. The van der Waals surface area contributed by atoms with Crippen molar-refractivity contribution in [1.82, 2.24) is 5.32 Å². The highest BCUT2D eigenvalue weighted by molar-refractivity contribution is 9.10. The van der Waals surface area contributed by atoms with Gasteiger partial charge in [-0.25, -0.2) is 0 Å². The minimum absolute atomic E-state index is 0.682.